The summed E-state index contributed by atoms with van der Waals surface area (Å²) in [4.78, 5) is 29.6. The first kappa shape index (κ1) is 17.8. The predicted molar refractivity (Wildman–Crippen MR) is 98.0 cm³/mol. The van der Waals surface area contributed by atoms with Gasteiger partial charge in [-0.05, 0) is 31.2 Å². The maximum absolute atomic E-state index is 13.1. The van der Waals surface area contributed by atoms with Crippen molar-refractivity contribution in [3.63, 3.8) is 0 Å². The molecule has 8 heteroatoms. The largest absolute Gasteiger partial charge is 0.497 e. The van der Waals surface area contributed by atoms with E-state index >= 15 is 0 Å². The average Bonchev–Trinajstić information content (AvgIpc) is 2.93. The van der Waals surface area contributed by atoms with E-state index in [1.54, 1.807) is 31.2 Å². The molecule has 0 saturated carbocycles. The van der Waals surface area contributed by atoms with E-state index in [1.807, 2.05) is 0 Å². The summed E-state index contributed by atoms with van der Waals surface area (Å²) < 4.78 is 11.3. The van der Waals surface area contributed by atoms with Crippen LogP contribution in [0, 0.1) is 0 Å². The molecule has 0 amide bonds. The number of carbonyl (C=O) groups excluding carboxylic acids is 2. The Morgan fingerprint density at radius 2 is 2.04 bits per heavy atom. The Bertz CT molecular complexity index is 1010. The number of nitrogens with two attached hydrogens (primary N) is 1. The molecule has 0 bridgehead atoms. The molecule has 7 nitrogen and oxygen atoms in total. The van der Waals surface area contributed by atoms with Crippen LogP contribution >= 0.6 is 11.6 Å². The first-order valence-electron chi connectivity index (χ1n) is 7.79. The van der Waals surface area contributed by atoms with E-state index in [0.29, 0.717) is 21.7 Å². The Morgan fingerprint density at radius 3 is 2.73 bits per heavy atom. The number of methoxy groups -OCH3 is 1. The minimum absolute atomic E-state index is 0.0264. The zero-order valence-corrected chi connectivity index (χ0v) is 14.9. The molecule has 2 heterocycles. The molecule has 0 aliphatic rings. The number of benzene rings is 1. The fraction of sp³-hybridized carbons (Fsp3) is 0.167. The van der Waals surface area contributed by atoms with Crippen molar-refractivity contribution < 1.29 is 19.1 Å². The van der Waals surface area contributed by atoms with Crippen LogP contribution in [0.3, 0.4) is 0 Å². The number of hydrogen-bond donors (Lipinski definition) is 1. The van der Waals surface area contributed by atoms with Crippen LogP contribution < -0.4 is 10.5 Å². The van der Waals surface area contributed by atoms with Crippen molar-refractivity contribution in [2.24, 2.45) is 0 Å². The quantitative estimate of drug-likeness (QED) is 0.703. The third-order valence-electron chi connectivity index (χ3n) is 3.83. The number of ether oxygens (including phenoxy) is 2. The van der Waals surface area contributed by atoms with Crippen molar-refractivity contribution in [3.05, 3.63) is 52.9 Å². The van der Waals surface area contributed by atoms with Crippen LogP contribution in [0.25, 0.3) is 10.9 Å². The topological polar surface area (TPSA) is 96.4 Å². The molecule has 0 radical (unpaired) electrons. The summed E-state index contributed by atoms with van der Waals surface area (Å²) >= 11 is 6.05. The molecule has 0 unspecified atom stereocenters. The third-order valence-corrected chi connectivity index (χ3v) is 4.07. The van der Waals surface area contributed by atoms with Crippen LogP contribution in [-0.4, -0.2) is 35.1 Å². The SMILES string of the molecule is CCOC(=O)n1c(C(=O)c2cc(OC)ccn2)c(N)c2ccc(Cl)cc21. The van der Waals surface area contributed by atoms with E-state index in [9.17, 15) is 9.59 Å². The molecule has 0 spiro atoms. The second-order valence-corrected chi connectivity index (χ2v) is 5.80. The van der Waals surface area contributed by atoms with Crippen LogP contribution in [0.1, 0.15) is 23.1 Å². The van der Waals surface area contributed by atoms with Crippen LogP contribution in [0.4, 0.5) is 10.5 Å². The van der Waals surface area contributed by atoms with Gasteiger partial charge in [-0.15, -0.1) is 0 Å². The summed E-state index contributed by atoms with van der Waals surface area (Å²) in [5.74, 6) is -0.0643. The van der Waals surface area contributed by atoms with Crippen LogP contribution in [0.2, 0.25) is 5.02 Å². The van der Waals surface area contributed by atoms with Crippen LogP contribution in [0.5, 0.6) is 5.75 Å². The number of fused-ring (bicyclic) bond motifs is 1. The molecule has 0 atom stereocenters. The van der Waals surface area contributed by atoms with E-state index in [4.69, 9.17) is 26.8 Å². The molecule has 0 saturated heterocycles. The molecule has 3 aromatic rings. The van der Waals surface area contributed by atoms with Gasteiger partial charge in [-0.2, -0.15) is 0 Å². The zero-order chi connectivity index (χ0) is 18.8. The number of pyridine rings is 1. The predicted octanol–water partition coefficient (Wildman–Crippen LogP) is 3.52. The summed E-state index contributed by atoms with van der Waals surface area (Å²) in [6, 6.07) is 7.93. The highest BCUT2D eigenvalue weighted by Crippen LogP contribution is 2.32. The van der Waals surface area contributed by atoms with E-state index in [2.05, 4.69) is 4.98 Å². The number of aromatic nitrogens is 2. The Hall–Kier alpha value is -3.06. The molecule has 0 aliphatic heterocycles. The molecule has 0 aliphatic carbocycles. The smallest absolute Gasteiger partial charge is 0.419 e. The number of ketones is 1. The summed E-state index contributed by atoms with van der Waals surface area (Å²) in [6.45, 7) is 1.81. The lowest BCUT2D eigenvalue weighted by Gasteiger charge is -2.09. The molecule has 2 aromatic heterocycles. The highest BCUT2D eigenvalue weighted by Gasteiger charge is 2.27. The number of anilines is 1. The van der Waals surface area contributed by atoms with E-state index in [-0.39, 0.29) is 23.7 Å². The van der Waals surface area contributed by atoms with Crippen LogP contribution in [-0.2, 0) is 4.74 Å². The maximum atomic E-state index is 13.1. The van der Waals surface area contributed by atoms with Gasteiger partial charge in [-0.1, -0.05) is 11.6 Å². The first-order chi connectivity index (χ1) is 12.5. The third kappa shape index (κ3) is 2.97. The minimum Gasteiger partial charge on any atom is -0.497 e. The number of carbonyl (C=O) groups is 2. The second-order valence-electron chi connectivity index (χ2n) is 5.37. The average molecular weight is 374 g/mol. The van der Waals surface area contributed by atoms with Gasteiger partial charge in [0.1, 0.15) is 17.1 Å². The second kappa shape index (κ2) is 7.05. The standard InChI is InChI=1S/C18H16ClN3O4/c1-3-26-18(24)22-14-8-10(19)4-5-12(14)15(20)16(22)17(23)13-9-11(25-2)6-7-21-13/h4-9H,3,20H2,1-2H3. The van der Waals surface area contributed by atoms with Crippen molar-refractivity contribution in [1.29, 1.82) is 0 Å². The van der Waals surface area contributed by atoms with E-state index in [1.165, 1.54) is 19.4 Å². The fourth-order valence-corrected chi connectivity index (χ4v) is 2.84. The first-order valence-corrected chi connectivity index (χ1v) is 8.17. The summed E-state index contributed by atoms with van der Waals surface area (Å²) in [7, 11) is 1.48. The maximum Gasteiger partial charge on any atom is 0.419 e. The molecule has 3 rings (SSSR count). The van der Waals surface area contributed by atoms with Crippen molar-refractivity contribution in [2.45, 2.75) is 6.92 Å². The molecule has 134 valence electrons. The molecule has 0 fully saturated rings. The lowest BCUT2D eigenvalue weighted by atomic mass is 10.1. The van der Waals surface area contributed by atoms with E-state index < -0.39 is 11.9 Å². The number of nitrogens with zero attached hydrogens (tertiary/aromatic N) is 2. The molecular weight excluding hydrogens is 358 g/mol. The highest BCUT2D eigenvalue weighted by molar-refractivity contribution is 6.31. The van der Waals surface area contributed by atoms with Gasteiger partial charge in [-0.3, -0.25) is 9.78 Å². The van der Waals surface area contributed by atoms with Gasteiger partial charge >= 0.3 is 6.09 Å². The summed E-state index contributed by atoms with van der Waals surface area (Å²) in [6.07, 6.45) is 0.721. The molecule has 2 N–H and O–H groups in total. The van der Waals surface area contributed by atoms with Crippen LogP contribution in [0.15, 0.2) is 36.5 Å². The van der Waals surface area contributed by atoms with Gasteiger partial charge in [0.15, 0.2) is 0 Å². The highest BCUT2D eigenvalue weighted by atomic mass is 35.5. The summed E-state index contributed by atoms with van der Waals surface area (Å²) in [5, 5.41) is 0.924. The number of rotatable bonds is 4. The monoisotopic (exact) mass is 373 g/mol. The summed E-state index contributed by atoms with van der Waals surface area (Å²) in [5.41, 5.74) is 6.79. The number of halogens is 1. The fourth-order valence-electron chi connectivity index (χ4n) is 2.67. The Balaban J connectivity index is 2.26. The molecular formula is C18H16ClN3O4. The lowest BCUT2D eigenvalue weighted by Crippen LogP contribution is -2.20. The van der Waals surface area contributed by atoms with Crippen molar-refractivity contribution in [1.82, 2.24) is 9.55 Å². The van der Waals surface area contributed by atoms with Gasteiger partial charge < -0.3 is 15.2 Å². The minimum atomic E-state index is -0.720. The Kier molecular flexibility index (Phi) is 4.81. The normalized spacial score (nSPS) is 10.7. The number of nitrogen functional groups attached to an aromatic ring is 1. The molecule has 26 heavy (non-hydrogen) atoms. The van der Waals surface area contributed by atoms with Crippen molar-refractivity contribution >= 4 is 40.1 Å². The molecule has 1 aromatic carbocycles. The van der Waals surface area contributed by atoms with E-state index in [0.717, 1.165) is 4.57 Å². The Morgan fingerprint density at radius 1 is 1.27 bits per heavy atom. The van der Waals surface area contributed by atoms with Gasteiger partial charge in [0.2, 0.25) is 5.78 Å². The van der Waals surface area contributed by atoms with Crippen molar-refractivity contribution in [2.75, 3.05) is 19.5 Å². The number of hydrogen-bond acceptors (Lipinski definition) is 6. The van der Waals surface area contributed by atoms with Crippen molar-refractivity contribution in [3.8, 4) is 5.75 Å². The van der Waals surface area contributed by atoms with Gasteiger partial charge in [-0.25, -0.2) is 9.36 Å². The van der Waals surface area contributed by atoms with Gasteiger partial charge in [0.05, 0.1) is 24.9 Å². The Labute approximate surface area is 154 Å². The lowest BCUT2D eigenvalue weighted by molar-refractivity contribution is 0.102. The van der Waals surface area contributed by atoms with Gasteiger partial charge in [0, 0.05) is 22.7 Å². The van der Waals surface area contributed by atoms with Gasteiger partial charge in [0.25, 0.3) is 0 Å². The zero-order valence-electron chi connectivity index (χ0n) is 14.2.